The zero-order valence-electron chi connectivity index (χ0n) is 14.5. The van der Waals surface area contributed by atoms with Crippen LogP contribution in [0.5, 0.6) is 0 Å². The third-order valence-corrected chi connectivity index (χ3v) is 3.90. The number of guanidine groups is 1. The number of aryl methyl sites for hydroxylation is 1. The van der Waals surface area contributed by atoms with E-state index < -0.39 is 12.2 Å². The molecule has 7 nitrogen and oxygen atoms in total. The normalized spacial score (nSPS) is 18.0. The van der Waals surface area contributed by atoms with Crippen LogP contribution < -0.4 is 5.32 Å². The molecular weight excluding hydrogens is 452 g/mol. The molecule has 0 bridgehead atoms. The maximum Gasteiger partial charge on any atom is 0.403 e. The maximum atomic E-state index is 12.8. The minimum absolute atomic E-state index is 0. The molecule has 2 rings (SSSR count). The summed E-state index contributed by atoms with van der Waals surface area (Å²) in [6.07, 6.45) is -4.20. The zero-order chi connectivity index (χ0) is 17.7. The smallest absolute Gasteiger partial charge is 0.357 e. The first kappa shape index (κ1) is 21.9. The first-order valence-electron chi connectivity index (χ1n) is 7.94. The van der Waals surface area contributed by atoms with Crippen LogP contribution in [-0.4, -0.2) is 70.8 Å². The summed E-state index contributed by atoms with van der Waals surface area (Å²) in [6, 6.07) is -1.43. The Bertz CT molecular complexity index is 557. The van der Waals surface area contributed by atoms with Gasteiger partial charge in [-0.3, -0.25) is 4.90 Å². The molecule has 1 saturated heterocycles. The summed E-state index contributed by atoms with van der Waals surface area (Å²) in [5.41, 5.74) is 0. The van der Waals surface area contributed by atoms with E-state index in [1.54, 1.807) is 6.92 Å². The Hall–Kier alpha value is -1.11. The van der Waals surface area contributed by atoms with E-state index in [1.807, 2.05) is 11.8 Å². The number of halogens is 4. The molecule has 0 saturated carbocycles. The van der Waals surface area contributed by atoms with E-state index >= 15 is 0 Å². The Morgan fingerprint density at radius 1 is 1.32 bits per heavy atom. The molecule has 1 aromatic rings. The molecule has 0 radical (unpaired) electrons. The number of hydrogen-bond donors (Lipinski definition) is 1. The van der Waals surface area contributed by atoms with Crippen molar-refractivity contribution in [2.45, 2.75) is 39.5 Å². The van der Waals surface area contributed by atoms with E-state index in [0.29, 0.717) is 50.4 Å². The lowest BCUT2D eigenvalue weighted by Crippen LogP contribution is -2.56. The van der Waals surface area contributed by atoms with Gasteiger partial charge in [0.1, 0.15) is 12.6 Å². The summed E-state index contributed by atoms with van der Waals surface area (Å²) in [6.45, 7) is 7.41. The Kier molecular flexibility index (Phi) is 8.38. The van der Waals surface area contributed by atoms with E-state index in [9.17, 15) is 13.2 Å². The molecule has 2 heterocycles. The molecule has 0 aliphatic carbocycles. The fourth-order valence-electron chi connectivity index (χ4n) is 2.50. The van der Waals surface area contributed by atoms with Crippen LogP contribution in [0.1, 0.15) is 25.6 Å². The summed E-state index contributed by atoms with van der Waals surface area (Å²) in [7, 11) is 0. The van der Waals surface area contributed by atoms with Crippen LogP contribution in [0.25, 0.3) is 0 Å². The first-order valence-corrected chi connectivity index (χ1v) is 7.94. The van der Waals surface area contributed by atoms with E-state index in [0.717, 1.165) is 0 Å². The molecule has 144 valence electrons. The van der Waals surface area contributed by atoms with Gasteiger partial charge in [0.25, 0.3) is 0 Å². The predicted molar refractivity (Wildman–Crippen MR) is 97.9 cm³/mol. The van der Waals surface area contributed by atoms with Crippen LogP contribution in [0.2, 0.25) is 0 Å². The van der Waals surface area contributed by atoms with Crippen LogP contribution in [-0.2, 0) is 6.54 Å². The lowest BCUT2D eigenvalue weighted by atomic mass is 10.2. The molecule has 0 amide bonds. The largest absolute Gasteiger partial charge is 0.403 e. The van der Waals surface area contributed by atoms with Crippen molar-refractivity contribution in [3.05, 3.63) is 11.7 Å². The molecule has 0 spiro atoms. The highest BCUT2D eigenvalue weighted by Gasteiger charge is 2.41. The second-order valence-corrected chi connectivity index (χ2v) is 5.65. The first-order chi connectivity index (χ1) is 11.3. The molecule has 0 aromatic carbocycles. The van der Waals surface area contributed by atoms with E-state index in [4.69, 9.17) is 4.52 Å². The number of nitrogens with zero attached hydrogens (tertiary/aromatic N) is 5. The summed E-state index contributed by atoms with van der Waals surface area (Å²) in [5.74, 6) is 1.60. The average Bonchev–Trinajstić information content (AvgIpc) is 2.95. The topological polar surface area (TPSA) is 69.8 Å². The quantitative estimate of drug-likeness (QED) is 0.408. The van der Waals surface area contributed by atoms with E-state index in [-0.39, 0.29) is 30.5 Å². The zero-order valence-corrected chi connectivity index (χ0v) is 16.8. The number of rotatable bonds is 4. The van der Waals surface area contributed by atoms with Crippen LogP contribution in [0.4, 0.5) is 13.2 Å². The second-order valence-electron chi connectivity index (χ2n) is 5.65. The van der Waals surface area contributed by atoms with Gasteiger partial charge in [0, 0.05) is 32.7 Å². The molecule has 1 aliphatic heterocycles. The number of aliphatic imine (C=N–C) groups is 1. The van der Waals surface area contributed by atoms with Crippen molar-refractivity contribution >= 4 is 29.9 Å². The highest BCUT2D eigenvalue weighted by molar-refractivity contribution is 14.0. The van der Waals surface area contributed by atoms with Crippen LogP contribution in [0.15, 0.2) is 9.52 Å². The van der Waals surface area contributed by atoms with E-state index in [1.165, 1.54) is 11.8 Å². The van der Waals surface area contributed by atoms with Gasteiger partial charge in [0.2, 0.25) is 5.89 Å². The van der Waals surface area contributed by atoms with Gasteiger partial charge in [-0.25, -0.2) is 4.99 Å². The molecule has 1 unspecified atom stereocenters. The van der Waals surface area contributed by atoms with Crippen molar-refractivity contribution < 1.29 is 17.7 Å². The number of aromatic nitrogens is 2. The fraction of sp³-hybridized carbons (Fsp3) is 0.786. The van der Waals surface area contributed by atoms with Gasteiger partial charge in [0.05, 0.1) is 0 Å². The number of piperazine rings is 1. The minimum Gasteiger partial charge on any atom is -0.357 e. The highest BCUT2D eigenvalue weighted by atomic mass is 127. The van der Waals surface area contributed by atoms with Crippen LogP contribution in [0, 0.1) is 6.92 Å². The lowest BCUT2D eigenvalue weighted by molar-refractivity contribution is -0.181. The SMILES string of the molecule is CCNC(=NCc1nc(C)no1)N1CCN(C(C)C(F)(F)F)CC1.I. The number of nitrogens with one attached hydrogen (secondary N) is 1. The Morgan fingerprint density at radius 3 is 2.44 bits per heavy atom. The lowest BCUT2D eigenvalue weighted by Gasteiger charge is -2.39. The monoisotopic (exact) mass is 476 g/mol. The van der Waals surface area contributed by atoms with Gasteiger partial charge in [-0.15, -0.1) is 24.0 Å². The molecule has 1 aliphatic rings. The van der Waals surface area contributed by atoms with Crippen molar-refractivity contribution in [3.8, 4) is 0 Å². The maximum absolute atomic E-state index is 12.8. The summed E-state index contributed by atoms with van der Waals surface area (Å²) in [5, 5.41) is 6.85. The van der Waals surface area contributed by atoms with Gasteiger partial charge < -0.3 is 14.7 Å². The van der Waals surface area contributed by atoms with Crippen molar-refractivity contribution in [1.29, 1.82) is 0 Å². The summed E-state index contributed by atoms with van der Waals surface area (Å²) in [4.78, 5) is 11.9. The number of hydrogen-bond acceptors (Lipinski definition) is 5. The van der Waals surface area contributed by atoms with Gasteiger partial charge in [-0.05, 0) is 20.8 Å². The van der Waals surface area contributed by atoms with E-state index in [2.05, 4.69) is 20.4 Å². The highest BCUT2D eigenvalue weighted by Crippen LogP contribution is 2.25. The van der Waals surface area contributed by atoms with Gasteiger partial charge in [-0.2, -0.15) is 18.2 Å². The second kappa shape index (κ2) is 9.55. The van der Waals surface area contributed by atoms with Crippen molar-refractivity contribution in [2.24, 2.45) is 4.99 Å². The molecule has 1 aromatic heterocycles. The fourth-order valence-corrected chi connectivity index (χ4v) is 2.50. The number of alkyl halides is 3. The summed E-state index contributed by atoms with van der Waals surface area (Å²) < 4.78 is 43.4. The molecule has 1 N–H and O–H groups in total. The molecule has 1 atom stereocenters. The van der Waals surface area contributed by atoms with Gasteiger partial charge >= 0.3 is 6.18 Å². The standard InChI is InChI=1S/C14H23F3N6O.HI/c1-4-18-13(19-9-12-20-11(3)21-24-12)23-7-5-22(6-8-23)10(2)14(15,16)17;/h10H,4-9H2,1-3H3,(H,18,19);1H. The third kappa shape index (κ3) is 6.28. The molecule has 11 heteroatoms. The summed E-state index contributed by atoms with van der Waals surface area (Å²) >= 11 is 0. The average molecular weight is 476 g/mol. The molecular formula is C14H24F3IN6O. The van der Waals surface area contributed by atoms with Crippen molar-refractivity contribution in [3.63, 3.8) is 0 Å². The van der Waals surface area contributed by atoms with Crippen molar-refractivity contribution in [1.82, 2.24) is 25.3 Å². The Morgan fingerprint density at radius 2 is 1.96 bits per heavy atom. The predicted octanol–water partition coefficient (Wildman–Crippen LogP) is 2.03. The minimum atomic E-state index is -4.20. The molecule has 25 heavy (non-hydrogen) atoms. The molecule has 1 fully saturated rings. The van der Waals surface area contributed by atoms with Gasteiger partial charge in [-0.1, -0.05) is 5.16 Å². The third-order valence-electron chi connectivity index (χ3n) is 3.90. The Balaban J connectivity index is 0.00000312. The van der Waals surface area contributed by atoms with Crippen molar-refractivity contribution in [2.75, 3.05) is 32.7 Å². The van der Waals surface area contributed by atoms with Gasteiger partial charge in [0.15, 0.2) is 11.8 Å². The van der Waals surface area contributed by atoms with Crippen LogP contribution >= 0.6 is 24.0 Å². The Labute approximate surface area is 162 Å². The van der Waals surface area contributed by atoms with Crippen LogP contribution in [0.3, 0.4) is 0 Å².